The van der Waals surface area contributed by atoms with Gasteiger partial charge >= 0.3 is 6.18 Å². The van der Waals surface area contributed by atoms with E-state index in [9.17, 15) is 35.2 Å². The second-order valence-electron chi connectivity index (χ2n) is 7.47. The zero-order valence-electron chi connectivity index (χ0n) is 18.2. The summed E-state index contributed by atoms with van der Waals surface area (Å²) in [5.74, 6) is -4.31. The Morgan fingerprint density at radius 1 is 1.06 bits per heavy atom. The Kier molecular flexibility index (Phi) is 8.11. The van der Waals surface area contributed by atoms with Gasteiger partial charge in [0.05, 0.1) is 34.1 Å². The molecule has 14 heteroatoms. The largest absolute Gasteiger partial charge is 0.433 e. The molecule has 0 unspecified atom stereocenters. The van der Waals surface area contributed by atoms with Gasteiger partial charge in [0.1, 0.15) is 5.69 Å². The molecule has 0 aliphatic rings. The minimum atomic E-state index is -4.64. The van der Waals surface area contributed by atoms with Gasteiger partial charge < -0.3 is 5.32 Å². The van der Waals surface area contributed by atoms with Crippen molar-refractivity contribution in [3.8, 4) is 0 Å². The first-order valence-corrected chi connectivity index (χ1v) is 12.5. The minimum absolute atomic E-state index is 0.0300. The van der Waals surface area contributed by atoms with Crippen LogP contribution in [0.25, 0.3) is 0 Å². The third-order valence-corrected chi connectivity index (χ3v) is 6.87. The summed E-state index contributed by atoms with van der Waals surface area (Å²) < 4.78 is 92.9. The van der Waals surface area contributed by atoms with Crippen LogP contribution in [0.4, 0.5) is 27.6 Å². The van der Waals surface area contributed by atoms with Crippen molar-refractivity contribution >= 4 is 44.8 Å². The zero-order chi connectivity index (χ0) is 26.8. The van der Waals surface area contributed by atoms with Crippen LogP contribution in [0, 0.1) is 11.6 Å². The van der Waals surface area contributed by atoms with Crippen molar-refractivity contribution in [2.75, 3.05) is 10.6 Å². The van der Waals surface area contributed by atoms with Crippen LogP contribution < -0.4 is 9.62 Å². The van der Waals surface area contributed by atoms with Crippen molar-refractivity contribution in [2.24, 2.45) is 0 Å². The first-order chi connectivity index (χ1) is 16.7. The van der Waals surface area contributed by atoms with E-state index in [0.29, 0.717) is 10.4 Å². The van der Waals surface area contributed by atoms with Crippen molar-refractivity contribution in [1.82, 2.24) is 10.3 Å². The molecule has 192 valence electrons. The monoisotopic (exact) mass is 567 g/mol. The highest BCUT2D eigenvalue weighted by Crippen LogP contribution is 2.32. The summed E-state index contributed by atoms with van der Waals surface area (Å²) >= 11 is 12.0. The molecule has 0 saturated carbocycles. The highest BCUT2D eigenvalue weighted by atomic mass is 35.5. The van der Waals surface area contributed by atoms with Crippen LogP contribution in [0.5, 0.6) is 0 Å². The molecule has 3 rings (SSSR count). The number of benzene rings is 2. The van der Waals surface area contributed by atoms with E-state index in [4.69, 9.17) is 23.2 Å². The van der Waals surface area contributed by atoms with E-state index in [1.807, 2.05) is 0 Å². The normalized spacial score (nSPS) is 11.9. The first kappa shape index (κ1) is 27.6. The van der Waals surface area contributed by atoms with Crippen molar-refractivity contribution in [1.29, 1.82) is 0 Å². The van der Waals surface area contributed by atoms with Crippen LogP contribution in [-0.4, -0.2) is 25.6 Å². The predicted molar refractivity (Wildman–Crippen MR) is 124 cm³/mol. The van der Waals surface area contributed by atoms with Gasteiger partial charge in [0.2, 0.25) is 10.0 Å². The number of nitrogens with zero attached hydrogens (tertiary/aromatic N) is 2. The summed E-state index contributed by atoms with van der Waals surface area (Å²) in [7, 11) is -4.14. The summed E-state index contributed by atoms with van der Waals surface area (Å²) in [6.45, 7) is -0.795. The lowest BCUT2D eigenvalue weighted by atomic mass is 10.1. The Morgan fingerprint density at radius 2 is 1.75 bits per heavy atom. The number of halogens is 7. The maximum absolute atomic E-state index is 15.0. The van der Waals surface area contributed by atoms with Crippen molar-refractivity contribution in [2.45, 2.75) is 19.3 Å². The molecule has 1 aromatic heterocycles. The average molecular weight is 568 g/mol. The van der Waals surface area contributed by atoms with E-state index in [2.05, 4.69) is 10.3 Å². The highest BCUT2D eigenvalue weighted by molar-refractivity contribution is 7.92. The van der Waals surface area contributed by atoms with Crippen molar-refractivity contribution < 1.29 is 35.2 Å². The Bertz CT molecular complexity index is 1400. The first-order valence-electron chi connectivity index (χ1n) is 9.89. The number of sulfonamides is 1. The third kappa shape index (κ3) is 6.23. The van der Waals surface area contributed by atoms with Crippen LogP contribution in [0.2, 0.25) is 10.0 Å². The van der Waals surface area contributed by atoms with Gasteiger partial charge in [0.15, 0.2) is 11.6 Å². The number of pyridine rings is 1. The Balaban J connectivity index is 1.84. The van der Waals surface area contributed by atoms with Crippen molar-refractivity contribution in [3.05, 3.63) is 92.7 Å². The summed E-state index contributed by atoms with van der Waals surface area (Å²) in [5.41, 5.74) is -2.15. The molecule has 0 fully saturated rings. The molecular formula is C22H16Cl2F5N3O3S. The molecule has 2 aromatic carbocycles. The maximum atomic E-state index is 15.0. The van der Waals surface area contributed by atoms with Crippen LogP contribution in [0.3, 0.4) is 0 Å². The number of carbonyl (C=O) groups excluding carboxylic acids is 1. The molecule has 0 radical (unpaired) electrons. The van der Waals surface area contributed by atoms with E-state index >= 15 is 0 Å². The van der Waals surface area contributed by atoms with E-state index in [1.165, 1.54) is 18.2 Å². The van der Waals surface area contributed by atoms with Gasteiger partial charge in [-0.3, -0.25) is 14.1 Å². The molecule has 0 spiro atoms. The van der Waals surface area contributed by atoms with E-state index in [0.717, 1.165) is 30.7 Å². The molecule has 0 atom stereocenters. The van der Waals surface area contributed by atoms with E-state index in [-0.39, 0.29) is 27.7 Å². The minimum Gasteiger partial charge on any atom is -0.348 e. The van der Waals surface area contributed by atoms with Crippen LogP contribution in [0.15, 0.2) is 48.7 Å². The highest BCUT2D eigenvalue weighted by Gasteiger charge is 2.32. The van der Waals surface area contributed by atoms with Crippen molar-refractivity contribution in [3.63, 3.8) is 0 Å². The standard InChI is InChI=1S/C22H16Cl2F5N3O3S/c1-36(34,35)32(11-13-3-2-4-15(23)18(13)24)16-7-6-14(19(25)20(16)26)21(33)31-10-12-5-8-17(30-9-12)22(27,28)29/h2-9H,10-11H2,1H3,(H,31,33). The van der Waals surface area contributed by atoms with Crippen LogP contribution >= 0.6 is 23.2 Å². The van der Waals surface area contributed by atoms with Crippen LogP contribution in [-0.2, 0) is 29.3 Å². The summed E-state index contributed by atoms with van der Waals surface area (Å²) in [6.07, 6.45) is -2.97. The number of carbonyl (C=O) groups is 1. The number of hydrogen-bond donors (Lipinski definition) is 1. The van der Waals surface area contributed by atoms with Crippen LogP contribution in [0.1, 0.15) is 27.2 Å². The molecule has 1 N–H and O–H groups in total. The second kappa shape index (κ2) is 10.6. The summed E-state index contributed by atoms with van der Waals surface area (Å²) in [4.78, 5) is 15.6. The molecule has 0 bridgehead atoms. The molecular weight excluding hydrogens is 552 g/mol. The van der Waals surface area contributed by atoms with Gasteiger partial charge in [0, 0.05) is 12.7 Å². The lowest BCUT2D eigenvalue weighted by Gasteiger charge is -2.24. The smallest absolute Gasteiger partial charge is 0.348 e. The van der Waals surface area contributed by atoms with Gasteiger partial charge in [-0.25, -0.2) is 17.2 Å². The zero-order valence-corrected chi connectivity index (χ0v) is 20.5. The average Bonchev–Trinajstić information content (AvgIpc) is 2.79. The Hall–Kier alpha value is -2.96. The number of anilines is 1. The Morgan fingerprint density at radius 3 is 2.33 bits per heavy atom. The number of alkyl halides is 3. The molecule has 0 aliphatic carbocycles. The fraction of sp³-hybridized carbons (Fsp3) is 0.182. The number of nitrogens with one attached hydrogen (secondary N) is 1. The third-order valence-electron chi connectivity index (χ3n) is 4.89. The second-order valence-corrected chi connectivity index (χ2v) is 10.2. The van der Waals surface area contributed by atoms with E-state index < -0.39 is 57.2 Å². The van der Waals surface area contributed by atoms with Gasteiger partial charge in [-0.05, 0) is 35.4 Å². The molecule has 3 aromatic rings. The lowest BCUT2D eigenvalue weighted by molar-refractivity contribution is -0.141. The molecule has 1 amide bonds. The number of hydrogen-bond acceptors (Lipinski definition) is 4. The molecule has 0 aliphatic heterocycles. The summed E-state index contributed by atoms with van der Waals surface area (Å²) in [5, 5.41) is 2.40. The van der Waals surface area contributed by atoms with Gasteiger partial charge in [-0.2, -0.15) is 13.2 Å². The lowest BCUT2D eigenvalue weighted by Crippen LogP contribution is -2.31. The fourth-order valence-electron chi connectivity index (χ4n) is 3.09. The van der Waals surface area contributed by atoms with E-state index in [1.54, 1.807) is 0 Å². The summed E-state index contributed by atoms with van der Waals surface area (Å²) in [6, 6.07) is 7.99. The quantitative estimate of drug-likeness (QED) is 0.378. The predicted octanol–water partition coefficient (Wildman–Crippen LogP) is 5.58. The topological polar surface area (TPSA) is 79.4 Å². The number of aromatic nitrogens is 1. The molecule has 0 saturated heterocycles. The maximum Gasteiger partial charge on any atom is 0.433 e. The molecule has 1 heterocycles. The number of rotatable bonds is 7. The van der Waals surface area contributed by atoms with Gasteiger partial charge in [-0.15, -0.1) is 0 Å². The Labute approximate surface area is 212 Å². The number of amides is 1. The fourth-order valence-corrected chi connectivity index (χ4v) is 4.34. The SMILES string of the molecule is CS(=O)(=O)N(Cc1cccc(Cl)c1Cl)c1ccc(C(=O)NCc2ccc(C(F)(F)F)nc2)c(F)c1F. The molecule has 6 nitrogen and oxygen atoms in total. The van der Waals surface area contributed by atoms with Gasteiger partial charge in [0.25, 0.3) is 5.91 Å². The van der Waals surface area contributed by atoms with Gasteiger partial charge in [-0.1, -0.05) is 41.4 Å². The molecule has 36 heavy (non-hydrogen) atoms.